The van der Waals surface area contributed by atoms with Gasteiger partial charge in [-0.25, -0.2) is 9.97 Å². The van der Waals surface area contributed by atoms with E-state index in [0.29, 0.717) is 11.9 Å². The molecule has 8 heteroatoms. The number of aryl methyl sites for hydroxylation is 1. The van der Waals surface area contributed by atoms with E-state index >= 15 is 0 Å². The van der Waals surface area contributed by atoms with E-state index in [-0.39, 0.29) is 6.10 Å². The summed E-state index contributed by atoms with van der Waals surface area (Å²) in [6.07, 6.45) is 7.80. The van der Waals surface area contributed by atoms with Crippen LogP contribution in [0.25, 0.3) is 10.9 Å². The van der Waals surface area contributed by atoms with Crippen LogP contribution in [0.1, 0.15) is 31.5 Å². The van der Waals surface area contributed by atoms with Crippen LogP contribution >= 0.6 is 0 Å². The molecule has 0 amide bonds. The number of ether oxygens (including phenoxy) is 2. The molecule has 0 unspecified atom stereocenters. The van der Waals surface area contributed by atoms with Crippen LogP contribution in [-0.2, 0) is 4.74 Å². The maximum absolute atomic E-state index is 6.46. The molecule has 2 fully saturated rings. The number of aromatic nitrogens is 4. The second-order valence-electron chi connectivity index (χ2n) is 8.18. The predicted octanol–water partition coefficient (Wildman–Crippen LogP) is 3.37. The van der Waals surface area contributed by atoms with Crippen molar-refractivity contribution in [2.45, 2.75) is 44.8 Å². The van der Waals surface area contributed by atoms with Crippen molar-refractivity contribution in [3.63, 3.8) is 0 Å². The minimum absolute atomic E-state index is 0.154. The summed E-state index contributed by atoms with van der Waals surface area (Å²) in [5, 5.41) is 4.51. The lowest BCUT2D eigenvalue weighted by Crippen LogP contribution is -2.37. The molecule has 0 radical (unpaired) electrons. The Morgan fingerprint density at radius 1 is 1.03 bits per heavy atom. The van der Waals surface area contributed by atoms with Crippen LogP contribution in [0.5, 0.6) is 5.88 Å². The van der Waals surface area contributed by atoms with E-state index in [2.05, 4.69) is 31.2 Å². The Kier molecular flexibility index (Phi) is 5.80. The van der Waals surface area contributed by atoms with E-state index in [1.807, 2.05) is 31.3 Å². The molecule has 2 aliphatic rings. The van der Waals surface area contributed by atoms with Gasteiger partial charge in [-0.15, -0.1) is 0 Å². The first-order chi connectivity index (χ1) is 15.2. The zero-order valence-corrected chi connectivity index (χ0v) is 17.8. The van der Waals surface area contributed by atoms with E-state index in [1.54, 1.807) is 6.20 Å². The molecule has 31 heavy (non-hydrogen) atoms. The molecule has 8 nitrogen and oxygen atoms in total. The maximum Gasteiger partial charge on any atom is 0.225 e. The highest BCUT2D eigenvalue weighted by molar-refractivity contribution is 5.85. The van der Waals surface area contributed by atoms with Gasteiger partial charge in [-0.1, -0.05) is 0 Å². The molecule has 1 aliphatic carbocycles. The Morgan fingerprint density at radius 3 is 2.68 bits per heavy atom. The topological polar surface area (TPSA) is 85.3 Å². The number of anilines is 2. The Hall–Kier alpha value is -3.00. The molecule has 0 aromatic carbocycles. The Bertz CT molecular complexity index is 1030. The fourth-order valence-corrected chi connectivity index (χ4v) is 4.31. The number of nitrogens with one attached hydrogen (secondary N) is 1. The molecule has 3 aromatic heterocycles. The van der Waals surface area contributed by atoms with Gasteiger partial charge in [0.1, 0.15) is 23.6 Å². The van der Waals surface area contributed by atoms with Gasteiger partial charge in [-0.3, -0.25) is 4.98 Å². The summed E-state index contributed by atoms with van der Waals surface area (Å²) in [5.41, 5.74) is 0.920. The average Bonchev–Trinajstić information content (AvgIpc) is 2.81. The fraction of sp³-hybridized carbons (Fsp3) is 0.478. The predicted molar refractivity (Wildman–Crippen MR) is 120 cm³/mol. The molecule has 1 N–H and O–H groups in total. The molecule has 5 rings (SSSR count). The Labute approximate surface area is 182 Å². The summed E-state index contributed by atoms with van der Waals surface area (Å²) in [7, 11) is 0. The number of hydrogen-bond donors (Lipinski definition) is 1. The highest BCUT2D eigenvalue weighted by Gasteiger charge is 2.24. The summed E-state index contributed by atoms with van der Waals surface area (Å²) in [4.78, 5) is 20.3. The van der Waals surface area contributed by atoms with Crippen molar-refractivity contribution in [3.8, 4) is 5.88 Å². The average molecular weight is 421 g/mol. The lowest BCUT2D eigenvalue weighted by Gasteiger charge is -2.31. The van der Waals surface area contributed by atoms with Crippen LogP contribution in [-0.4, -0.2) is 58.4 Å². The normalized spacial score (nSPS) is 21.8. The van der Waals surface area contributed by atoms with E-state index < -0.39 is 0 Å². The summed E-state index contributed by atoms with van der Waals surface area (Å²) < 4.78 is 11.9. The van der Waals surface area contributed by atoms with E-state index in [4.69, 9.17) is 14.5 Å². The van der Waals surface area contributed by atoms with Crippen LogP contribution in [0.2, 0.25) is 0 Å². The largest absolute Gasteiger partial charge is 0.474 e. The van der Waals surface area contributed by atoms with Crippen molar-refractivity contribution in [1.82, 2.24) is 19.9 Å². The minimum Gasteiger partial charge on any atom is -0.474 e. The van der Waals surface area contributed by atoms with Gasteiger partial charge in [0.2, 0.25) is 5.88 Å². The molecule has 0 spiro atoms. The first-order valence-electron chi connectivity index (χ1n) is 11.1. The first kappa shape index (κ1) is 19.9. The van der Waals surface area contributed by atoms with Gasteiger partial charge in [-0.2, -0.15) is 4.98 Å². The monoisotopic (exact) mass is 420 g/mol. The molecular weight excluding hydrogens is 392 g/mol. The van der Waals surface area contributed by atoms with Crippen LogP contribution in [0, 0.1) is 6.92 Å². The standard InChI is InChI=1S/C23H28N6O2/c1-16-24-10-8-21(26-16)27-17-4-6-18(7-5-17)31-23-19-3-2-9-25-20(19)15-22(28-23)29-11-13-30-14-12-29/h2-3,8-10,15,17-18H,4-7,11-14H2,1H3,(H,24,26,27). The molecule has 4 heterocycles. The number of rotatable bonds is 5. The molecule has 3 aromatic rings. The number of morpholine rings is 1. The van der Waals surface area contributed by atoms with E-state index in [0.717, 1.165) is 80.3 Å². The van der Waals surface area contributed by atoms with Gasteiger partial charge >= 0.3 is 0 Å². The third-order valence-corrected chi connectivity index (χ3v) is 5.97. The lowest BCUT2D eigenvalue weighted by molar-refractivity contribution is 0.122. The summed E-state index contributed by atoms with van der Waals surface area (Å²) in [6.45, 7) is 5.03. The zero-order chi connectivity index (χ0) is 21.0. The van der Waals surface area contributed by atoms with Crippen molar-refractivity contribution in [1.29, 1.82) is 0 Å². The second-order valence-corrected chi connectivity index (χ2v) is 8.18. The number of hydrogen-bond acceptors (Lipinski definition) is 8. The maximum atomic E-state index is 6.46. The minimum atomic E-state index is 0.154. The van der Waals surface area contributed by atoms with Gasteiger partial charge in [-0.05, 0) is 50.8 Å². The molecule has 1 aliphatic heterocycles. The molecule has 1 saturated carbocycles. The van der Waals surface area contributed by atoms with Gasteiger partial charge in [0, 0.05) is 37.6 Å². The molecular formula is C23H28N6O2. The van der Waals surface area contributed by atoms with Crippen LogP contribution in [0.15, 0.2) is 36.7 Å². The number of nitrogens with zero attached hydrogens (tertiary/aromatic N) is 5. The zero-order valence-electron chi connectivity index (χ0n) is 17.8. The smallest absolute Gasteiger partial charge is 0.225 e. The quantitative estimate of drug-likeness (QED) is 0.673. The van der Waals surface area contributed by atoms with Gasteiger partial charge in [0.15, 0.2) is 0 Å². The highest BCUT2D eigenvalue weighted by Crippen LogP contribution is 2.31. The van der Waals surface area contributed by atoms with Crippen molar-refractivity contribution in [2.75, 3.05) is 36.5 Å². The van der Waals surface area contributed by atoms with E-state index in [1.165, 1.54) is 0 Å². The van der Waals surface area contributed by atoms with Crippen LogP contribution in [0.3, 0.4) is 0 Å². The van der Waals surface area contributed by atoms with Gasteiger partial charge in [0.05, 0.1) is 24.1 Å². The third-order valence-electron chi connectivity index (χ3n) is 5.97. The fourth-order valence-electron chi connectivity index (χ4n) is 4.31. The SMILES string of the molecule is Cc1nccc(NC2CCC(Oc3nc(N4CCOCC4)cc4ncccc34)CC2)n1. The van der Waals surface area contributed by atoms with Gasteiger partial charge in [0.25, 0.3) is 0 Å². The summed E-state index contributed by atoms with van der Waals surface area (Å²) in [5.74, 6) is 3.29. The Morgan fingerprint density at radius 2 is 1.87 bits per heavy atom. The van der Waals surface area contributed by atoms with Crippen molar-refractivity contribution >= 4 is 22.5 Å². The van der Waals surface area contributed by atoms with Crippen LogP contribution < -0.4 is 15.0 Å². The second kappa shape index (κ2) is 9.01. The first-order valence-corrected chi connectivity index (χ1v) is 11.1. The molecule has 162 valence electrons. The summed E-state index contributed by atoms with van der Waals surface area (Å²) in [6, 6.07) is 8.36. The third kappa shape index (κ3) is 4.69. The van der Waals surface area contributed by atoms with Crippen molar-refractivity contribution in [3.05, 3.63) is 42.5 Å². The molecule has 1 saturated heterocycles. The van der Waals surface area contributed by atoms with Crippen molar-refractivity contribution in [2.24, 2.45) is 0 Å². The van der Waals surface area contributed by atoms with Crippen LogP contribution in [0.4, 0.5) is 11.6 Å². The number of pyridine rings is 2. The molecule has 0 bridgehead atoms. The highest BCUT2D eigenvalue weighted by atomic mass is 16.5. The van der Waals surface area contributed by atoms with Crippen molar-refractivity contribution < 1.29 is 9.47 Å². The van der Waals surface area contributed by atoms with Gasteiger partial charge < -0.3 is 19.7 Å². The number of fused-ring (bicyclic) bond motifs is 1. The Balaban J connectivity index is 1.28. The van der Waals surface area contributed by atoms with E-state index in [9.17, 15) is 0 Å². The molecule has 0 atom stereocenters. The summed E-state index contributed by atoms with van der Waals surface area (Å²) >= 11 is 0. The lowest BCUT2D eigenvalue weighted by atomic mass is 9.93.